The lowest BCUT2D eigenvalue weighted by Gasteiger charge is -2.26. The van der Waals surface area contributed by atoms with E-state index < -0.39 is 24.4 Å². The summed E-state index contributed by atoms with van der Waals surface area (Å²) in [6.07, 6.45) is -3.82. The Balaban J connectivity index is 1.28. The molecule has 2 amide bonds. The molecule has 47 heavy (non-hydrogen) atoms. The van der Waals surface area contributed by atoms with E-state index >= 15 is 0 Å². The number of rotatable bonds is 12. The molecule has 3 aromatic carbocycles. The smallest absolute Gasteiger partial charge is 0.406 e. The van der Waals surface area contributed by atoms with E-state index in [0.717, 1.165) is 34.7 Å². The van der Waals surface area contributed by atoms with E-state index in [4.69, 9.17) is 0 Å². The maximum atomic E-state index is 13.7. The largest absolute Gasteiger partial charge is 0.573 e. The fraction of sp³-hybridized carbons (Fsp3) is 0.343. The number of nitrogens with zero attached hydrogens (tertiary/aromatic N) is 2. The molecule has 0 bridgehead atoms. The topological polar surface area (TPSA) is 104 Å². The van der Waals surface area contributed by atoms with Crippen LogP contribution in [0, 0.1) is 13.8 Å². The molecule has 3 atom stereocenters. The molecule has 0 aliphatic carbocycles. The molecular weight excluding hydrogens is 629 g/mol. The molecule has 4 aromatic rings. The quantitative estimate of drug-likeness (QED) is 0.168. The monoisotopic (exact) mass is 666 g/mol. The molecule has 1 aliphatic heterocycles. The molecule has 8 nitrogen and oxygen atoms in total. The molecule has 248 valence electrons. The van der Waals surface area contributed by atoms with Crippen molar-refractivity contribution in [3.63, 3.8) is 0 Å². The molecule has 2 heterocycles. The summed E-state index contributed by atoms with van der Waals surface area (Å²) in [7, 11) is 0. The van der Waals surface area contributed by atoms with E-state index in [9.17, 15) is 27.9 Å². The first-order valence-corrected chi connectivity index (χ1v) is 16.3. The van der Waals surface area contributed by atoms with Crippen LogP contribution in [0.3, 0.4) is 0 Å². The number of aliphatic hydroxyl groups is 1. The molecule has 3 N–H and O–H groups in total. The van der Waals surface area contributed by atoms with E-state index in [2.05, 4.69) is 20.4 Å². The second-order valence-corrected chi connectivity index (χ2v) is 12.6. The number of carbonyl (C=O) groups is 2. The molecule has 5 rings (SSSR count). The van der Waals surface area contributed by atoms with Gasteiger partial charge in [0.1, 0.15) is 10.8 Å². The Labute approximate surface area is 275 Å². The molecule has 1 saturated heterocycles. The predicted molar refractivity (Wildman–Crippen MR) is 173 cm³/mol. The fourth-order valence-corrected chi connectivity index (χ4v) is 6.70. The summed E-state index contributed by atoms with van der Waals surface area (Å²) in [5.41, 5.74) is 3.81. The van der Waals surface area contributed by atoms with Crippen molar-refractivity contribution < 1.29 is 32.6 Å². The Morgan fingerprint density at radius 1 is 1.04 bits per heavy atom. The summed E-state index contributed by atoms with van der Waals surface area (Å²) in [5.74, 6) is -0.928. The SMILES string of the molecule is Cc1cc(C(=O)N[C@H](Cc2ccccc2)[C@H](O)CNCc2cccc(OC(F)(F)F)c2)cc(C(=O)N2CCC[C@@H]2c2nc(C)cs2)c1. The zero-order valence-electron chi connectivity index (χ0n) is 26.1. The van der Waals surface area contributed by atoms with Crippen LogP contribution >= 0.6 is 11.3 Å². The Hall–Kier alpha value is -4.26. The standard InChI is InChI=1S/C35H37F3N4O4S/c1-22-14-26(18-27(15-22)34(45)42-13-7-12-30(42)33-40-23(2)21-47-33)32(44)41-29(17-24-8-4-3-5-9-24)31(43)20-39-19-25-10-6-11-28(16-25)46-35(36,37)38/h3-6,8-11,14-16,18,21,29-31,39,43H,7,12-13,17,19-20H2,1-2H3,(H,41,44)/t29-,30-,31-/m1/s1. The van der Waals surface area contributed by atoms with E-state index in [1.165, 1.54) is 18.2 Å². The second kappa shape index (κ2) is 15.1. The fourth-order valence-electron chi connectivity index (χ4n) is 5.76. The van der Waals surface area contributed by atoms with Crippen LogP contribution in [0.5, 0.6) is 5.75 Å². The number of thiazole rings is 1. The highest BCUT2D eigenvalue weighted by Gasteiger charge is 2.33. The van der Waals surface area contributed by atoms with Crippen LogP contribution in [0.1, 0.15) is 67.0 Å². The van der Waals surface area contributed by atoms with Gasteiger partial charge in [0.2, 0.25) is 0 Å². The van der Waals surface area contributed by atoms with Crippen molar-refractivity contribution in [2.24, 2.45) is 0 Å². The molecule has 1 aromatic heterocycles. The van der Waals surface area contributed by atoms with Gasteiger partial charge in [0.05, 0.1) is 18.2 Å². The first-order chi connectivity index (χ1) is 22.4. The van der Waals surface area contributed by atoms with Gasteiger partial charge in [-0.3, -0.25) is 9.59 Å². The number of halogens is 3. The lowest BCUT2D eigenvalue weighted by atomic mass is 9.99. The molecular formula is C35H37F3N4O4S. The van der Waals surface area contributed by atoms with Crippen molar-refractivity contribution in [1.82, 2.24) is 20.5 Å². The number of benzene rings is 3. The van der Waals surface area contributed by atoms with Gasteiger partial charge < -0.3 is 25.4 Å². The molecule has 0 radical (unpaired) electrons. The van der Waals surface area contributed by atoms with Gasteiger partial charge in [0.25, 0.3) is 11.8 Å². The molecule has 12 heteroatoms. The van der Waals surface area contributed by atoms with Crippen molar-refractivity contribution in [3.05, 3.63) is 117 Å². The Bertz CT molecular complexity index is 1680. The maximum absolute atomic E-state index is 13.7. The molecule has 0 spiro atoms. The second-order valence-electron chi connectivity index (χ2n) is 11.7. The zero-order valence-corrected chi connectivity index (χ0v) is 26.9. The van der Waals surface area contributed by atoms with Crippen LogP contribution in [-0.2, 0) is 13.0 Å². The van der Waals surface area contributed by atoms with E-state index in [-0.39, 0.29) is 30.8 Å². The van der Waals surface area contributed by atoms with Crippen LogP contribution in [-0.4, -0.2) is 58.4 Å². The van der Waals surface area contributed by atoms with Crippen molar-refractivity contribution >= 4 is 23.2 Å². The van der Waals surface area contributed by atoms with Crippen LogP contribution < -0.4 is 15.4 Å². The highest BCUT2D eigenvalue weighted by molar-refractivity contribution is 7.09. The number of alkyl halides is 3. The molecule has 0 unspecified atom stereocenters. The van der Waals surface area contributed by atoms with Crippen molar-refractivity contribution in [2.45, 2.75) is 64.2 Å². The number of ether oxygens (including phenoxy) is 1. The van der Waals surface area contributed by atoms with E-state index in [0.29, 0.717) is 29.7 Å². The van der Waals surface area contributed by atoms with Crippen molar-refractivity contribution in [2.75, 3.05) is 13.1 Å². The summed E-state index contributed by atoms with van der Waals surface area (Å²) in [4.78, 5) is 33.8. The number of carbonyl (C=O) groups excluding carboxylic acids is 2. The van der Waals surface area contributed by atoms with Gasteiger partial charge in [-0.2, -0.15) is 0 Å². The Morgan fingerprint density at radius 3 is 2.51 bits per heavy atom. The number of hydrogen-bond donors (Lipinski definition) is 3. The third-order valence-corrected chi connectivity index (χ3v) is 8.98. The average molecular weight is 667 g/mol. The van der Waals surface area contributed by atoms with Crippen LogP contribution in [0.15, 0.2) is 78.2 Å². The Kier molecular flexibility index (Phi) is 10.9. The minimum absolute atomic E-state index is 0.0479. The normalized spacial score (nSPS) is 16.1. The minimum atomic E-state index is -4.80. The molecule has 1 aliphatic rings. The number of aliphatic hydroxyl groups excluding tert-OH is 1. The number of hydrogen-bond acceptors (Lipinski definition) is 7. The molecule has 1 fully saturated rings. The van der Waals surface area contributed by atoms with Crippen LogP contribution in [0.2, 0.25) is 0 Å². The van der Waals surface area contributed by atoms with Gasteiger partial charge in [-0.05, 0) is 80.1 Å². The Morgan fingerprint density at radius 2 is 1.79 bits per heavy atom. The summed E-state index contributed by atoms with van der Waals surface area (Å²) in [6, 6.07) is 19.2. The number of nitrogens with one attached hydrogen (secondary N) is 2. The van der Waals surface area contributed by atoms with Crippen molar-refractivity contribution in [1.29, 1.82) is 0 Å². The summed E-state index contributed by atoms with van der Waals surface area (Å²) in [5, 5.41) is 20.1. The number of likely N-dealkylation sites (tertiary alicyclic amines) is 1. The predicted octanol–water partition coefficient (Wildman–Crippen LogP) is 6.13. The average Bonchev–Trinajstić information content (AvgIpc) is 3.69. The summed E-state index contributed by atoms with van der Waals surface area (Å²) < 4.78 is 41.9. The maximum Gasteiger partial charge on any atom is 0.573 e. The first kappa shape index (κ1) is 34.1. The number of aromatic nitrogens is 1. The van der Waals surface area contributed by atoms with Gasteiger partial charge in [-0.1, -0.05) is 42.5 Å². The van der Waals surface area contributed by atoms with Gasteiger partial charge in [0.15, 0.2) is 0 Å². The summed E-state index contributed by atoms with van der Waals surface area (Å²) in [6.45, 7) is 4.58. The van der Waals surface area contributed by atoms with Crippen LogP contribution in [0.25, 0.3) is 0 Å². The third kappa shape index (κ3) is 9.40. The van der Waals surface area contributed by atoms with E-state index in [1.807, 2.05) is 54.5 Å². The zero-order chi connectivity index (χ0) is 33.6. The van der Waals surface area contributed by atoms with Crippen LogP contribution in [0.4, 0.5) is 13.2 Å². The lowest BCUT2D eigenvalue weighted by Crippen LogP contribution is -2.48. The highest BCUT2D eigenvalue weighted by atomic mass is 32.1. The summed E-state index contributed by atoms with van der Waals surface area (Å²) >= 11 is 1.55. The first-order valence-electron chi connectivity index (χ1n) is 15.4. The van der Waals surface area contributed by atoms with Gasteiger partial charge in [-0.25, -0.2) is 4.98 Å². The van der Waals surface area contributed by atoms with Crippen molar-refractivity contribution in [3.8, 4) is 5.75 Å². The highest BCUT2D eigenvalue weighted by Crippen LogP contribution is 2.35. The lowest BCUT2D eigenvalue weighted by molar-refractivity contribution is -0.274. The van der Waals surface area contributed by atoms with E-state index in [1.54, 1.807) is 35.6 Å². The van der Waals surface area contributed by atoms with Gasteiger partial charge in [0, 0.05) is 41.8 Å². The number of amides is 2. The number of aryl methyl sites for hydroxylation is 2. The molecule has 0 saturated carbocycles. The van der Waals surface area contributed by atoms with Gasteiger partial charge in [-0.15, -0.1) is 24.5 Å². The van der Waals surface area contributed by atoms with Gasteiger partial charge >= 0.3 is 6.36 Å². The third-order valence-electron chi connectivity index (χ3n) is 7.92. The minimum Gasteiger partial charge on any atom is -0.406 e.